The van der Waals surface area contributed by atoms with Crippen LogP contribution in [0.5, 0.6) is 5.75 Å². The maximum absolute atomic E-state index is 12.8. The van der Waals surface area contributed by atoms with Gasteiger partial charge in [0.05, 0.1) is 35.6 Å². The molecule has 0 spiro atoms. The van der Waals surface area contributed by atoms with Gasteiger partial charge in [-0.05, 0) is 49.1 Å². The van der Waals surface area contributed by atoms with Gasteiger partial charge in [0.2, 0.25) is 5.91 Å². The van der Waals surface area contributed by atoms with E-state index >= 15 is 0 Å². The molecule has 0 radical (unpaired) electrons. The molecule has 8 nitrogen and oxygen atoms in total. The Balaban J connectivity index is 1.55. The molecule has 29 heavy (non-hydrogen) atoms. The van der Waals surface area contributed by atoms with E-state index in [2.05, 4.69) is 20.2 Å². The SMILES string of the molecule is COc1ccc(C[C@H](N)C(=O)Nc2cc3[nH]c(=O)[nH]c3cc2N2CCCC2)cc1. The third-order valence-electron chi connectivity index (χ3n) is 5.29. The number of H-pyrrole nitrogens is 2. The first-order valence-corrected chi connectivity index (χ1v) is 9.74. The Morgan fingerprint density at radius 2 is 1.83 bits per heavy atom. The van der Waals surface area contributed by atoms with Crippen LogP contribution in [0.2, 0.25) is 0 Å². The molecule has 0 saturated carbocycles. The Morgan fingerprint density at radius 3 is 2.48 bits per heavy atom. The molecule has 5 N–H and O–H groups in total. The van der Waals surface area contributed by atoms with Crippen molar-refractivity contribution in [1.82, 2.24) is 9.97 Å². The molecule has 1 aromatic heterocycles. The van der Waals surface area contributed by atoms with E-state index in [4.69, 9.17) is 10.5 Å². The van der Waals surface area contributed by atoms with Gasteiger partial charge in [-0.1, -0.05) is 12.1 Å². The maximum Gasteiger partial charge on any atom is 0.323 e. The predicted octanol–water partition coefficient (Wildman–Crippen LogP) is 1.97. The average Bonchev–Trinajstić information content (AvgIpc) is 3.36. The van der Waals surface area contributed by atoms with Crippen LogP contribution in [0.1, 0.15) is 18.4 Å². The van der Waals surface area contributed by atoms with Crippen LogP contribution in [0.25, 0.3) is 11.0 Å². The molecule has 152 valence electrons. The van der Waals surface area contributed by atoms with Gasteiger partial charge in [-0.3, -0.25) is 4.79 Å². The van der Waals surface area contributed by atoms with Crippen LogP contribution in [-0.2, 0) is 11.2 Å². The third-order valence-corrected chi connectivity index (χ3v) is 5.29. The van der Waals surface area contributed by atoms with Crippen molar-refractivity contribution in [2.24, 2.45) is 5.73 Å². The molecule has 1 aliphatic heterocycles. The van der Waals surface area contributed by atoms with Crippen molar-refractivity contribution in [2.45, 2.75) is 25.3 Å². The van der Waals surface area contributed by atoms with E-state index in [0.717, 1.165) is 48.4 Å². The highest BCUT2D eigenvalue weighted by Crippen LogP contribution is 2.32. The molecule has 3 aromatic rings. The van der Waals surface area contributed by atoms with Gasteiger partial charge < -0.3 is 30.7 Å². The molecule has 1 atom stereocenters. The van der Waals surface area contributed by atoms with Crippen LogP contribution in [0.15, 0.2) is 41.2 Å². The summed E-state index contributed by atoms with van der Waals surface area (Å²) < 4.78 is 5.16. The monoisotopic (exact) mass is 395 g/mol. The number of nitrogens with one attached hydrogen (secondary N) is 3. The summed E-state index contributed by atoms with van der Waals surface area (Å²) in [7, 11) is 1.61. The highest BCUT2D eigenvalue weighted by Gasteiger charge is 2.21. The Morgan fingerprint density at radius 1 is 1.17 bits per heavy atom. The molecule has 1 aliphatic rings. The number of nitrogens with two attached hydrogens (primary N) is 1. The zero-order valence-corrected chi connectivity index (χ0v) is 16.3. The van der Waals surface area contributed by atoms with Crippen molar-refractivity contribution in [3.05, 3.63) is 52.4 Å². The Bertz CT molecular complexity index is 1060. The molecule has 1 saturated heterocycles. The van der Waals surface area contributed by atoms with E-state index in [1.54, 1.807) is 13.2 Å². The summed E-state index contributed by atoms with van der Waals surface area (Å²) in [6, 6.07) is 10.5. The quantitative estimate of drug-likeness (QED) is 0.509. The summed E-state index contributed by atoms with van der Waals surface area (Å²) in [6.07, 6.45) is 2.62. The number of ether oxygens (including phenoxy) is 1. The molecule has 2 aromatic carbocycles. The number of imidazole rings is 1. The Kier molecular flexibility index (Phi) is 5.26. The minimum absolute atomic E-state index is 0.265. The van der Waals surface area contributed by atoms with Gasteiger partial charge in [-0.2, -0.15) is 0 Å². The smallest absolute Gasteiger partial charge is 0.323 e. The summed E-state index contributed by atoms with van der Waals surface area (Å²) >= 11 is 0. The number of carbonyl (C=O) groups excluding carboxylic acids is 1. The highest BCUT2D eigenvalue weighted by atomic mass is 16.5. The topological polar surface area (TPSA) is 116 Å². The number of methoxy groups -OCH3 is 1. The lowest BCUT2D eigenvalue weighted by atomic mass is 10.1. The van der Waals surface area contributed by atoms with Gasteiger partial charge >= 0.3 is 5.69 Å². The Hall–Kier alpha value is -3.26. The Labute approximate surface area is 168 Å². The molecule has 2 heterocycles. The normalized spacial score (nSPS) is 14.9. The van der Waals surface area contributed by atoms with E-state index in [1.807, 2.05) is 30.3 Å². The second kappa shape index (κ2) is 8.00. The van der Waals surface area contributed by atoms with Crippen LogP contribution in [-0.4, -0.2) is 42.1 Å². The first kappa shape index (κ1) is 19.1. The van der Waals surface area contributed by atoms with Gasteiger partial charge in [0.1, 0.15) is 5.75 Å². The molecule has 0 unspecified atom stereocenters. The van der Waals surface area contributed by atoms with Gasteiger partial charge in [-0.15, -0.1) is 0 Å². The molecular formula is C21H25N5O3. The third kappa shape index (κ3) is 4.12. The number of aromatic nitrogens is 2. The van der Waals surface area contributed by atoms with E-state index < -0.39 is 6.04 Å². The van der Waals surface area contributed by atoms with E-state index in [9.17, 15) is 9.59 Å². The number of aromatic amines is 2. The molecular weight excluding hydrogens is 370 g/mol. The van der Waals surface area contributed by atoms with Crippen molar-refractivity contribution >= 4 is 28.3 Å². The van der Waals surface area contributed by atoms with Crippen molar-refractivity contribution in [3.8, 4) is 5.75 Å². The zero-order valence-electron chi connectivity index (χ0n) is 16.3. The number of benzene rings is 2. The van der Waals surface area contributed by atoms with E-state index in [1.165, 1.54) is 0 Å². The van der Waals surface area contributed by atoms with E-state index in [0.29, 0.717) is 17.6 Å². The van der Waals surface area contributed by atoms with Crippen LogP contribution in [0, 0.1) is 0 Å². The largest absolute Gasteiger partial charge is 0.497 e. The number of fused-ring (bicyclic) bond motifs is 1. The molecule has 0 bridgehead atoms. The minimum atomic E-state index is -0.698. The number of amides is 1. The molecule has 8 heteroatoms. The summed E-state index contributed by atoms with van der Waals surface area (Å²) in [4.78, 5) is 32.2. The van der Waals surface area contributed by atoms with Gasteiger partial charge in [-0.25, -0.2) is 4.79 Å². The van der Waals surface area contributed by atoms with Crippen molar-refractivity contribution in [1.29, 1.82) is 0 Å². The fourth-order valence-corrected chi connectivity index (χ4v) is 3.72. The maximum atomic E-state index is 12.8. The van der Waals surface area contributed by atoms with Gasteiger partial charge in [0.15, 0.2) is 0 Å². The number of rotatable bonds is 6. The number of carbonyl (C=O) groups is 1. The summed E-state index contributed by atoms with van der Waals surface area (Å²) in [5.41, 5.74) is 9.78. The number of nitrogens with zero attached hydrogens (tertiary/aromatic N) is 1. The number of hydrogen-bond acceptors (Lipinski definition) is 5. The fourth-order valence-electron chi connectivity index (χ4n) is 3.72. The van der Waals surface area contributed by atoms with Crippen molar-refractivity contribution < 1.29 is 9.53 Å². The number of anilines is 2. The lowest BCUT2D eigenvalue weighted by molar-refractivity contribution is -0.117. The fraction of sp³-hybridized carbons (Fsp3) is 0.333. The molecule has 4 rings (SSSR count). The van der Waals surface area contributed by atoms with Crippen molar-refractivity contribution in [2.75, 3.05) is 30.4 Å². The lowest BCUT2D eigenvalue weighted by Crippen LogP contribution is -2.37. The lowest BCUT2D eigenvalue weighted by Gasteiger charge is -2.22. The van der Waals surface area contributed by atoms with Crippen LogP contribution < -0.4 is 26.4 Å². The zero-order chi connectivity index (χ0) is 20.4. The van der Waals surface area contributed by atoms with Crippen molar-refractivity contribution in [3.63, 3.8) is 0 Å². The van der Waals surface area contributed by atoms with Crippen LogP contribution >= 0.6 is 0 Å². The summed E-state index contributed by atoms with van der Waals surface area (Å²) in [5.74, 6) is 0.495. The van der Waals surface area contributed by atoms with E-state index in [-0.39, 0.29) is 11.6 Å². The summed E-state index contributed by atoms with van der Waals surface area (Å²) in [6.45, 7) is 1.84. The first-order valence-electron chi connectivity index (χ1n) is 9.74. The highest BCUT2D eigenvalue weighted by molar-refractivity contribution is 6.00. The molecule has 1 amide bonds. The van der Waals surface area contributed by atoms with Gasteiger partial charge in [0.25, 0.3) is 0 Å². The summed E-state index contributed by atoms with van der Waals surface area (Å²) in [5, 5.41) is 2.97. The molecule has 1 fully saturated rings. The van der Waals surface area contributed by atoms with Crippen LogP contribution in [0.3, 0.4) is 0 Å². The van der Waals surface area contributed by atoms with Gasteiger partial charge in [0, 0.05) is 13.1 Å². The number of hydrogen-bond donors (Lipinski definition) is 4. The predicted molar refractivity (Wildman–Crippen MR) is 114 cm³/mol. The van der Waals surface area contributed by atoms with Crippen LogP contribution in [0.4, 0.5) is 11.4 Å². The standard InChI is InChI=1S/C21H25N5O3/c1-29-14-6-4-13(5-7-14)10-15(22)20(27)23-18-11-16-17(25-21(28)24-16)12-19(18)26-8-2-3-9-26/h4-7,11-12,15H,2-3,8-10,22H2,1H3,(H,23,27)(H2,24,25,28)/t15-/m0/s1. The second-order valence-electron chi connectivity index (χ2n) is 7.34. The minimum Gasteiger partial charge on any atom is -0.497 e. The molecule has 0 aliphatic carbocycles. The second-order valence-corrected chi connectivity index (χ2v) is 7.34. The first-order chi connectivity index (χ1) is 14.0. The average molecular weight is 395 g/mol.